The number of imide groups is 1. The number of aryl methyl sites for hydroxylation is 1. The van der Waals surface area contributed by atoms with Gasteiger partial charge in [0.05, 0.1) is 11.8 Å². The number of carbonyl (C=O) groups excluding carboxylic acids is 4. The minimum Gasteiger partial charge on any atom is -0.454 e. The van der Waals surface area contributed by atoms with Crippen molar-refractivity contribution in [2.45, 2.75) is 32.6 Å². The zero-order valence-electron chi connectivity index (χ0n) is 13.8. The molecule has 0 aromatic carbocycles. The summed E-state index contributed by atoms with van der Waals surface area (Å²) in [4.78, 5) is 49.0. The van der Waals surface area contributed by atoms with Crippen molar-refractivity contribution >= 4 is 29.5 Å². The van der Waals surface area contributed by atoms with E-state index in [9.17, 15) is 19.2 Å². The normalized spacial score (nSPS) is 22.7. The van der Waals surface area contributed by atoms with E-state index in [1.807, 2.05) is 0 Å². The molecule has 1 aliphatic carbocycles. The standard InChI is InChI=1S/C16H19N3O6/c1-9-6-12(18-25-9)17-13(20)8-24-14(21)7-19-15(22)10-4-2-3-5-11(10)16(19)23/h6,10-11H,2-5,7-8H2,1H3,(H,17,18,20)/t10-,11-/m0/s1. The van der Waals surface area contributed by atoms with Gasteiger partial charge in [-0.1, -0.05) is 18.0 Å². The number of likely N-dealkylation sites (tertiary alicyclic amines) is 1. The fourth-order valence-corrected chi connectivity index (χ4v) is 3.31. The van der Waals surface area contributed by atoms with Crippen LogP contribution in [-0.4, -0.2) is 46.9 Å². The maximum Gasteiger partial charge on any atom is 0.326 e. The van der Waals surface area contributed by atoms with Crippen molar-refractivity contribution in [1.82, 2.24) is 10.1 Å². The first kappa shape index (κ1) is 17.1. The number of hydrogen-bond acceptors (Lipinski definition) is 7. The first-order valence-corrected chi connectivity index (χ1v) is 8.19. The van der Waals surface area contributed by atoms with Crippen molar-refractivity contribution in [1.29, 1.82) is 0 Å². The van der Waals surface area contributed by atoms with E-state index >= 15 is 0 Å². The predicted molar refractivity (Wildman–Crippen MR) is 83.0 cm³/mol. The lowest BCUT2D eigenvalue weighted by Gasteiger charge is -2.19. The molecule has 1 saturated carbocycles. The van der Waals surface area contributed by atoms with E-state index < -0.39 is 25.0 Å². The van der Waals surface area contributed by atoms with Crippen LogP contribution in [0.5, 0.6) is 0 Å². The Morgan fingerprint density at radius 2 is 1.92 bits per heavy atom. The molecule has 2 aliphatic rings. The number of fused-ring (bicyclic) bond motifs is 1. The van der Waals surface area contributed by atoms with Gasteiger partial charge in [0.15, 0.2) is 12.4 Å². The Morgan fingerprint density at radius 1 is 1.28 bits per heavy atom. The smallest absolute Gasteiger partial charge is 0.326 e. The molecule has 0 radical (unpaired) electrons. The van der Waals surface area contributed by atoms with Crippen LogP contribution < -0.4 is 5.32 Å². The lowest BCUT2D eigenvalue weighted by atomic mass is 9.81. The molecule has 2 heterocycles. The second kappa shape index (κ2) is 7.04. The summed E-state index contributed by atoms with van der Waals surface area (Å²) in [7, 11) is 0. The first-order chi connectivity index (χ1) is 12.0. The number of hydrogen-bond donors (Lipinski definition) is 1. The third-order valence-electron chi connectivity index (χ3n) is 4.48. The van der Waals surface area contributed by atoms with Crippen LogP contribution in [0.25, 0.3) is 0 Å². The lowest BCUT2D eigenvalue weighted by molar-refractivity contribution is -0.154. The summed E-state index contributed by atoms with van der Waals surface area (Å²) < 4.78 is 9.63. The van der Waals surface area contributed by atoms with Crippen LogP contribution in [0.2, 0.25) is 0 Å². The molecule has 1 aromatic rings. The molecular formula is C16H19N3O6. The number of ether oxygens (including phenoxy) is 1. The summed E-state index contributed by atoms with van der Waals surface area (Å²) in [6, 6.07) is 1.52. The fraction of sp³-hybridized carbons (Fsp3) is 0.562. The van der Waals surface area contributed by atoms with Crippen LogP contribution in [0.3, 0.4) is 0 Å². The van der Waals surface area contributed by atoms with Crippen LogP contribution in [0.15, 0.2) is 10.6 Å². The monoisotopic (exact) mass is 349 g/mol. The molecule has 2 atom stereocenters. The Kier molecular flexibility index (Phi) is 4.82. The van der Waals surface area contributed by atoms with E-state index in [0.717, 1.165) is 17.7 Å². The van der Waals surface area contributed by atoms with Crippen LogP contribution in [-0.2, 0) is 23.9 Å². The van der Waals surface area contributed by atoms with Crippen LogP contribution in [0.1, 0.15) is 31.4 Å². The van der Waals surface area contributed by atoms with Gasteiger partial charge in [0, 0.05) is 6.07 Å². The summed E-state index contributed by atoms with van der Waals surface area (Å²) in [6.07, 6.45) is 3.20. The number of aromatic nitrogens is 1. The Balaban J connectivity index is 1.48. The molecule has 1 N–H and O–H groups in total. The SMILES string of the molecule is Cc1cc(NC(=O)COC(=O)CN2C(=O)[C@H]3CCCC[C@@H]3C2=O)no1. The lowest BCUT2D eigenvalue weighted by Crippen LogP contribution is -2.37. The highest BCUT2D eigenvalue weighted by Gasteiger charge is 2.48. The Morgan fingerprint density at radius 3 is 2.48 bits per heavy atom. The predicted octanol–water partition coefficient (Wildman–Crippen LogP) is 0.640. The van der Waals surface area contributed by atoms with E-state index in [0.29, 0.717) is 18.6 Å². The van der Waals surface area contributed by atoms with Crippen LogP contribution in [0.4, 0.5) is 5.82 Å². The molecule has 0 bridgehead atoms. The maximum atomic E-state index is 12.3. The maximum absolute atomic E-state index is 12.3. The molecule has 0 spiro atoms. The average Bonchev–Trinajstić information content (AvgIpc) is 3.10. The van der Waals surface area contributed by atoms with Crippen molar-refractivity contribution in [3.8, 4) is 0 Å². The van der Waals surface area contributed by atoms with Crippen molar-refractivity contribution < 1.29 is 28.4 Å². The number of anilines is 1. The van der Waals surface area contributed by atoms with Crippen LogP contribution >= 0.6 is 0 Å². The summed E-state index contributed by atoms with van der Waals surface area (Å²) in [6.45, 7) is 0.680. The molecule has 2 fully saturated rings. The van der Waals surface area contributed by atoms with Gasteiger partial charge < -0.3 is 14.6 Å². The highest BCUT2D eigenvalue weighted by molar-refractivity contribution is 6.07. The molecule has 9 nitrogen and oxygen atoms in total. The zero-order valence-corrected chi connectivity index (χ0v) is 13.8. The summed E-state index contributed by atoms with van der Waals surface area (Å²) in [5, 5.41) is 5.98. The molecule has 9 heteroatoms. The number of esters is 1. The summed E-state index contributed by atoms with van der Waals surface area (Å²) in [5.41, 5.74) is 0. The number of nitrogens with one attached hydrogen (secondary N) is 1. The van der Waals surface area contributed by atoms with E-state index in [-0.39, 0.29) is 29.5 Å². The van der Waals surface area contributed by atoms with Crippen molar-refractivity contribution in [3.63, 3.8) is 0 Å². The van der Waals surface area contributed by atoms with Crippen LogP contribution in [0, 0.1) is 18.8 Å². The third-order valence-corrected chi connectivity index (χ3v) is 4.48. The molecule has 1 aromatic heterocycles. The Hall–Kier alpha value is -2.71. The van der Waals surface area contributed by atoms with E-state index in [1.54, 1.807) is 6.92 Å². The van der Waals surface area contributed by atoms with Gasteiger partial charge in [0.2, 0.25) is 11.8 Å². The van der Waals surface area contributed by atoms with E-state index in [2.05, 4.69) is 10.5 Å². The van der Waals surface area contributed by atoms with Gasteiger partial charge in [-0.2, -0.15) is 0 Å². The topological polar surface area (TPSA) is 119 Å². The molecule has 0 unspecified atom stereocenters. The number of nitrogens with zero attached hydrogens (tertiary/aromatic N) is 2. The van der Waals surface area contributed by atoms with Crippen molar-refractivity contribution in [3.05, 3.63) is 11.8 Å². The highest BCUT2D eigenvalue weighted by Crippen LogP contribution is 2.37. The number of rotatable bonds is 5. The minimum atomic E-state index is -0.799. The minimum absolute atomic E-state index is 0.215. The zero-order chi connectivity index (χ0) is 18.0. The van der Waals surface area contributed by atoms with Gasteiger partial charge in [-0.25, -0.2) is 0 Å². The molecule has 3 rings (SSSR count). The van der Waals surface area contributed by atoms with Gasteiger partial charge in [-0.05, 0) is 19.8 Å². The second-order valence-electron chi connectivity index (χ2n) is 6.29. The second-order valence-corrected chi connectivity index (χ2v) is 6.29. The molecular weight excluding hydrogens is 330 g/mol. The molecule has 134 valence electrons. The van der Waals surface area contributed by atoms with Gasteiger partial charge in [-0.3, -0.25) is 24.1 Å². The van der Waals surface area contributed by atoms with Gasteiger partial charge >= 0.3 is 5.97 Å². The fourth-order valence-electron chi connectivity index (χ4n) is 3.31. The Bertz CT molecular complexity index is 688. The van der Waals surface area contributed by atoms with Crippen molar-refractivity contribution in [2.75, 3.05) is 18.5 Å². The summed E-state index contributed by atoms with van der Waals surface area (Å²) >= 11 is 0. The average molecular weight is 349 g/mol. The van der Waals surface area contributed by atoms with Gasteiger partial charge in [0.25, 0.3) is 5.91 Å². The van der Waals surface area contributed by atoms with Crippen molar-refractivity contribution in [2.24, 2.45) is 11.8 Å². The molecule has 25 heavy (non-hydrogen) atoms. The number of carbonyl (C=O) groups is 4. The largest absolute Gasteiger partial charge is 0.454 e. The third kappa shape index (κ3) is 3.70. The summed E-state index contributed by atoms with van der Waals surface area (Å²) in [5.74, 6) is -1.89. The van der Waals surface area contributed by atoms with E-state index in [4.69, 9.17) is 9.26 Å². The Labute approximate surface area is 143 Å². The van der Waals surface area contributed by atoms with E-state index in [1.165, 1.54) is 6.07 Å². The van der Waals surface area contributed by atoms with Gasteiger partial charge in [-0.15, -0.1) is 0 Å². The number of amides is 3. The van der Waals surface area contributed by atoms with Gasteiger partial charge in [0.1, 0.15) is 12.3 Å². The molecule has 1 aliphatic heterocycles. The quantitative estimate of drug-likeness (QED) is 0.612. The molecule has 1 saturated heterocycles. The highest BCUT2D eigenvalue weighted by atomic mass is 16.5. The molecule has 3 amide bonds. The first-order valence-electron chi connectivity index (χ1n) is 8.19.